The van der Waals surface area contributed by atoms with Crippen LogP contribution in [0.3, 0.4) is 0 Å². The average molecular weight is 491 g/mol. The number of amides is 1. The SMILES string of the molecule is CNS(=O)(=O)c1ccc(CC(=O)Nc2ccc(-c3ccccc3)c(Oc3cccc(F)c3)c2)cc1. The van der Waals surface area contributed by atoms with Gasteiger partial charge in [0.2, 0.25) is 15.9 Å². The number of anilines is 1. The first-order valence-electron chi connectivity index (χ1n) is 10.8. The van der Waals surface area contributed by atoms with Crippen molar-refractivity contribution in [3.63, 3.8) is 0 Å². The van der Waals surface area contributed by atoms with Crippen molar-refractivity contribution in [3.8, 4) is 22.6 Å². The molecule has 0 fully saturated rings. The monoisotopic (exact) mass is 490 g/mol. The van der Waals surface area contributed by atoms with Crippen LogP contribution in [0, 0.1) is 5.82 Å². The molecule has 4 aromatic carbocycles. The van der Waals surface area contributed by atoms with E-state index in [0.29, 0.717) is 22.7 Å². The van der Waals surface area contributed by atoms with Gasteiger partial charge in [-0.1, -0.05) is 48.5 Å². The van der Waals surface area contributed by atoms with Gasteiger partial charge < -0.3 is 10.1 Å². The molecule has 8 heteroatoms. The Kier molecular flexibility index (Phi) is 7.24. The Morgan fingerprint density at radius 3 is 2.31 bits per heavy atom. The fourth-order valence-corrected chi connectivity index (χ4v) is 4.22. The molecule has 0 atom stereocenters. The van der Waals surface area contributed by atoms with Gasteiger partial charge in [-0.15, -0.1) is 0 Å². The number of hydrogen-bond donors (Lipinski definition) is 2. The third-order valence-electron chi connectivity index (χ3n) is 5.24. The Hall–Kier alpha value is -4.01. The fourth-order valence-electron chi connectivity index (χ4n) is 3.49. The predicted octanol–water partition coefficient (Wildman–Crippen LogP) is 5.37. The number of ether oxygens (including phenoxy) is 1. The summed E-state index contributed by atoms with van der Waals surface area (Å²) in [6, 6.07) is 26.8. The minimum Gasteiger partial charge on any atom is -0.457 e. The number of sulfonamides is 1. The standard InChI is InChI=1S/C27H23FN2O4S/c1-29-35(32,33)24-13-10-19(11-14-24)16-27(31)30-22-12-15-25(20-6-3-2-4-7-20)26(18-22)34-23-9-5-8-21(28)17-23/h2-15,17-18,29H,16H2,1H3,(H,30,31). The molecule has 6 nitrogen and oxygen atoms in total. The largest absolute Gasteiger partial charge is 0.457 e. The van der Waals surface area contributed by atoms with Crippen molar-refractivity contribution in [1.29, 1.82) is 0 Å². The van der Waals surface area contributed by atoms with Crippen LogP contribution in [0.1, 0.15) is 5.56 Å². The van der Waals surface area contributed by atoms with E-state index in [2.05, 4.69) is 10.0 Å². The maximum atomic E-state index is 13.7. The van der Waals surface area contributed by atoms with E-state index in [9.17, 15) is 17.6 Å². The van der Waals surface area contributed by atoms with Crippen molar-refractivity contribution in [2.45, 2.75) is 11.3 Å². The highest BCUT2D eigenvalue weighted by molar-refractivity contribution is 7.89. The third-order valence-corrected chi connectivity index (χ3v) is 6.67. The Bertz CT molecular complexity index is 1440. The van der Waals surface area contributed by atoms with Crippen molar-refractivity contribution in [3.05, 3.63) is 108 Å². The Morgan fingerprint density at radius 1 is 0.886 bits per heavy atom. The van der Waals surface area contributed by atoms with Crippen LogP contribution < -0.4 is 14.8 Å². The summed E-state index contributed by atoms with van der Waals surface area (Å²) in [7, 11) is -2.20. The van der Waals surface area contributed by atoms with Gasteiger partial charge in [0.05, 0.1) is 11.3 Å². The number of carbonyl (C=O) groups is 1. The first kappa shape index (κ1) is 24.1. The van der Waals surface area contributed by atoms with Crippen LogP contribution in [0.25, 0.3) is 11.1 Å². The number of nitrogens with one attached hydrogen (secondary N) is 2. The quantitative estimate of drug-likeness (QED) is 0.348. The van der Waals surface area contributed by atoms with E-state index < -0.39 is 15.8 Å². The van der Waals surface area contributed by atoms with Crippen LogP contribution >= 0.6 is 0 Å². The first-order chi connectivity index (χ1) is 16.8. The second kappa shape index (κ2) is 10.5. The molecule has 0 saturated carbocycles. The Morgan fingerprint density at radius 2 is 1.63 bits per heavy atom. The molecule has 1 amide bonds. The summed E-state index contributed by atoms with van der Waals surface area (Å²) in [4.78, 5) is 12.8. The van der Waals surface area contributed by atoms with Gasteiger partial charge in [0.1, 0.15) is 17.3 Å². The zero-order chi connectivity index (χ0) is 24.8. The smallest absolute Gasteiger partial charge is 0.240 e. The zero-order valence-electron chi connectivity index (χ0n) is 18.9. The molecule has 0 bridgehead atoms. The maximum absolute atomic E-state index is 13.7. The number of benzene rings is 4. The van der Waals surface area contributed by atoms with E-state index in [4.69, 9.17) is 4.74 Å². The molecule has 0 aliphatic carbocycles. The van der Waals surface area contributed by atoms with E-state index in [-0.39, 0.29) is 17.2 Å². The molecule has 0 radical (unpaired) electrons. The van der Waals surface area contributed by atoms with E-state index in [0.717, 1.165) is 11.1 Å². The molecule has 0 aromatic heterocycles. The van der Waals surface area contributed by atoms with Gasteiger partial charge in [-0.05, 0) is 54.6 Å². The van der Waals surface area contributed by atoms with Gasteiger partial charge in [-0.3, -0.25) is 4.79 Å². The molecule has 178 valence electrons. The summed E-state index contributed by atoms with van der Waals surface area (Å²) in [5.41, 5.74) is 2.87. The van der Waals surface area contributed by atoms with Gasteiger partial charge in [0, 0.05) is 23.4 Å². The predicted molar refractivity (Wildman–Crippen MR) is 133 cm³/mol. The topological polar surface area (TPSA) is 84.5 Å². The third kappa shape index (κ3) is 6.11. The minimum absolute atomic E-state index is 0.0560. The highest BCUT2D eigenvalue weighted by atomic mass is 32.2. The first-order valence-corrected chi connectivity index (χ1v) is 12.3. The van der Waals surface area contributed by atoms with Gasteiger partial charge >= 0.3 is 0 Å². The summed E-state index contributed by atoms with van der Waals surface area (Å²) in [6.07, 6.45) is 0.0560. The van der Waals surface area contributed by atoms with E-state index >= 15 is 0 Å². The van der Waals surface area contributed by atoms with Crippen LogP contribution in [-0.2, 0) is 21.2 Å². The highest BCUT2D eigenvalue weighted by Gasteiger charge is 2.13. The van der Waals surface area contributed by atoms with Gasteiger partial charge in [-0.25, -0.2) is 17.5 Å². The lowest BCUT2D eigenvalue weighted by atomic mass is 10.0. The highest BCUT2D eigenvalue weighted by Crippen LogP contribution is 2.35. The molecular formula is C27H23FN2O4S. The van der Waals surface area contributed by atoms with Gasteiger partial charge in [0.15, 0.2) is 0 Å². The molecule has 0 saturated heterocycles. The molecule has 0 heterocycles. The molecule has 0 spiro atoms. The summed E-state index contributed by atoms with van der Waals surface area (Å²) in [5, 5.41) is 2.84. The van der Waals surface area contributed by atoms with E-state index in [1.54, 1.807) is 36.4 Å². The molecule has 0 unspecified atom stereocenters. The zero-order valence-corrected chi connectivity index (χ0v) is 19.7. The minimum atomic E-state index is -3.54. The lowest BCUT2D eigenvalue weighted by molar-refractivity contribution is -0.115. The number of carbonyl (C=O) groups excluding carboxylic acids is 1. The molecule has 0 aliphatic heterocycles. The maximum Gasteiger partial charge on any atom is 0.240 e. The number of rotatable bonds is 8. The summed E-state index contributed by atoms with van der Waals surface area (Å²) >= 11 is 0. The summed E-state index contributed by atoms with van der Waals surface area (Å²) in [6.45, 7) is 0. The lowest BCUT2D eigenvalue weighted by Crippen LogP contribution is -2.18. The molecule has 0 aliphatic rings. The Labute approximate surface area is 203 Å². The molecule has 2 N–H and O–H groups in total. The van der Waals surface area contributed by atoms with Crippen LogP contribution in [0.2, 0.25) is 0 Å². The molecule has 4 rings (SSSR count). The van der Waals surface area contributed by atoms with Crippen molar-refractivity contribution in [2.75, 3.05) is 12.4 Å². The van der Waals surface area contributed by atoms with Crippen molar-refractivity contribution in [2.24, 2.45) is 0 Å². The van der Waals surface area contributed by atoms with E-state index in [1.165, 1.54) is 31.3 Å². The average Bonchev–Trinajstić information content (AvgIpc) is 2.85. The summed E-state index contributed by atoms with van der Waals surface area (Å²) < 4.78 is 45.7. The van der Waals surface area contributed by atoms with Gasteiger partial charge in [-0.2, -0.15) is 0 Å². The normalized spacial score (nSPS) is 11.1. The second-order valence-electron chi connectivity index (χ2n) is 7.71. The van der Waals surface area contributed by atoms with Crippen molar-refractivity contribution >= 4 is 21.6 Å². The summed E-state index contributed by atoms with van der Waals surface area (Å²) in [5.74, 6) is 0.101. The van der Waals surface area contributed by atoms with Crippen LogP contribution in [0.5, 0.6) is 11.5 Å². The van der Waals surface area contributed by atoms with E-state index in [1.807, 2.05) is 36.4 Å². The van der Waals surface area contributed by atoms with Crippen molar-refractivity contribution in [1.82, 2.24) is 4.72 Å². The number of halogens is 1. The number of hydrogen-bond acceptors (Lipinski definition) is 4. The Balaban J connectivity index is 1.55. The molecule has 35 heavy (non-hydrogen) atoms. The lowest BCUT2D eigenvalue weighted by Gasteiger charge is -2.14. The van der Waals surface area contributed by atoms with Crippen LogP contribution in [-0.4, -0.2) is 21.4 Å². The van der Waals surface area contributed by atoms with Crippen LogP contribution in [0.15, 0.2) is 102 Å². The van der Waals surface area contributed by atoms with Crippen molar-refractivity contribution < 1.29 is 22.3 Å². The fraction of sp³-hybridized carbons (Fsp3) is 0.0741. The molecular weight excluding hydrogens is 467 g/mol. The van der Waals surface area contributed by atoms with Crippen LogP contribution in [0.4, 0.5) is 10.1 Å². The second-order valence-corrected chi connectivity index (χ2v) is 9.60. The van der Waals surface area contributed by atoms with Gasteiger partial charge in [0.25, 0.3) is 0 Å². The molecule has 4 aromatic rings.